The van der Waals surface area contributed by atoms with Crippen LogP contribution in [0.1, 0.15) is 51.9 Å². The molecule has 0 aromatic heterocycles. The first-order valence-corrected chi connectivity index (χ1v) is 7.78. The Morgan fingerprint density at radius 2 is 1.89 bits per heavy atom. The van der Waals surface area contributed by atoms with Crippen molar-refractivity contribution < 1.29 is 9.53 Å². The number of nitrogens with two attached hydrogens (primary N) is 1. The summed E-state index contributed by atoms with van der Waals surface area (Å²) < 4.78 is 5.50. The summed E-state index contributed by atoms with van der Waals surface area (Å²) in [6, 6.07) is 0.316. The molecule has 2 rings (SSSR count). The number of ether oxygens (including phenoxy) is 1. The standard InChI is InChI=1S/C15H28N2O2/c1-11-8-14(6-7-19-11)17-15(18)9-12-2-4-13(10-16)5-3-12/h11-14H,2-10,16H2,1H3,(H,17,18). The van der Waals surface area contributed by atoms with Crippen LogP contribution in [0.15, 0.2) is 0 Å². The van der Waals surface area contributed by atoms with E-state index in [1.165, 1.54) is 25.7 Å². The lowest BCUT2D eigenvalue weighted by atomic mass is 9.80. The molecular weight excluding hydrogens is 240 g/mol. The van der Waals surface area contributed by atoms with Crippen molar-refractivity contribution >= 4 is 5.91 Å². The summed E-state index contributed by atoms with van der Waals surface area (Å²) in [5.74, 6) is 1.49. The van der Waals surface area contributed by atoms with E-state index in [-0.39, 0.29) is 12.0 Å². The second-order valence-electron chi connectivity index (χ2n) is 6.30. The molecule has 1 aliphatic carbocycles. The van der Waals surface area contributed by atoms with Crippen LogP contribution in [0.25, 0.3) is 0 Å². The summed E-state index contributed by atoms with van der Waals surface area (Å²) in [6.07, 6.45) is 7.61. The third-order valence-electron chi connectivity index (χ3n) is 4.62. The van der Waals surface area contributed by atoms with E-state index in [4.69, 9.17) is 10.5 Å². The molecule has 2 atom stereocenters. The fourth-order valence-electron chi connectivity index (χ4n) is 3.35. The minimum atomic E-state index is 0.232. The largest absolute Gasteiger partial charge is 0.378 e. The summed E-state index contributed by atoms with van der Waals surface area (Å²) in [5, 5.41) is 3.18. The van der Waals surface area contributed by atoms with Gasteiger partial charge >= 0.3 is 0 Å². The first kappa shape index (κ1) is 14.8. The van der Waals surface area contributed by atoms with Gasteiger partial charge in [-0.15, -0.1) is 0 Å². The van der Waals surface area contributed by atoms with Gasteiger partial charge in [-0.3, -0.25) is 4.79 Å². The van der Waals surface area contributed by atoms with Gasteiger partial charge in [0.2, 0.25) is 5.91 Å². The van der Waals surface area contributed by atoms with Crippen LogP contribution >= 0.6 is 0 Å². The van der Waals surface area contributed by atoms with Gasteiger partial charge in [-0.25, -0.2) is 0 Å². The molecule has 1 saturated carbocycles. The lowest BCUT2D eigenvalue weighted by molar-refractivity contribution is -0.124. The molecule has 0 bridgehead atoms. The number of carbonyl (C=O) groups excluding carboxylic acids is 1. The highest BCUT2D eigenvalue weighted by molar-refractivity contribution is 5.76. The van der Waals surface area contributed by atoms with Gasteiger partial charge in [0.15, 0.2) is 0 Å². The average molecular weight is 268 g/mol. The topological polar surface area (TPSA) is 64.4 Å². The van der Waals surface area contributed by atoms with Crippen molar-refractivity contribution in [3.05, 3.63) is 0 Å². The molecule has 3 N–H and O–H groups in total. The Morgan fingerprint density at radius 3 is 2.53 bits per heavy atom. The van der Waals surface area contributed by atoms with E-state index in [1.54, 1.807) is 0 Å². The molecule has 2 fully saturated rings. The maximum absolute atomic E-state index is 12.1. The van der Waals surface area contributed by atoms with Crippen molar-refractivity contribution in [1.29, 1.82) is 0 Å². The lowest BCUT2D eigenvalue weighted by Gasteiger charge is -2.30. The fraction of sp³-hybridized carbons (Fsp3) is 0.933. The van der Waals surface area contributed by atoms with Gasteiger partial charge in [0, 0.05) is 19.1 Å². The van der Waals surface area contributed by atoms with Crippen LogP contribution in [0, 0.1) is 11.8 Å². The number of amides is 1. The van der Waals surface area contributed by atoms with Crippen molar-refractivity contribution in [2.75, 3.05) is 13.2 Å². The highest BCUT2D eigenvalue weighted by atomic mass is 16.5. The van der Waals surface area contributed by atoms with Crippen LogP contribution < -0.4 is 11.1 Å². The van der Waals surface area contributed by atoms with Gasteiger partial charge in [-0.1, -0.05) is 0 Å². The molecule has 4 nitrogen and oxygen atoms in total. The summed E-state index contributed by atoms with van der Waals surface area (Å²) in [7, 11) is 0. The van der Waals surface area contributed by atoms with Gasteiger partial charge in [0.05, 0.1) is 6.10 Å². The van der Waals surface area contributed by atoms with Crippen molar-refractivity contribution in [1.82, 2.24) is 5.32 Å². The second-order valence-corrected chi connectivity index (χ2v) is 6.30. The predicted molar refractivity (Wildman–Crippen MR) is 75.7 cm³/mol. The molecule has 0 aromatic rings. The van der Waals surface area contributed by atoms with Crippen molar-refractivity contribution in [2.24, 2.45) is 17.6 Å². The number of nitrogens with one attached hydrogen (secondary N) is 1. The monoisotopic (exact) mass is 268 g/mol. The SMILES string of the molecule is CC1CC(NC(=O)CC2CCC(CN)CC2)CCO1. The minimum absolute atomic E-state index is 0.232. The quantitative estimate of drug-likeness (QED) is 0.817. The van der Waals surface area contributed by atoms with Gasteiger partial charge in [0.25, 0.3) is 0 Å². The Labute approximate surface area is 116 Å². The third-order valence-corrected chi connectivity index (χ3v) is 4.62. The Hall–Kier alpha value is -0.610. The van der Waals surface area contributed by atoms with Crippen LogP contribution in [-0.4, -0.2) is 31.2 Å². The fourth-order valence-corrected chi connectivity index (χ4v) is 3.35. The van der Waals surface area contributed by atoms with E-state index in [9.17, 15) is 4.79 Å². The summed E-state index contributed by atoms with van der Waals surface area (Å²) in [4.78, 5) is 12.1. The average Bonchev–Trinajstić information content (AvgIpc) is 2.39. The van der Waals surface area contributed by atoms with Crippen molar-refractivity contribution in [3.63, 3.8) is 0 Å². The second kappa shape index (κ2) is 7.25. The summed E-state index contributed by atoms with van der Waals surface area (Å²) >= 11 is 0. The Morgan fingerprint density at radius 1 is 1.21 bits per heavy atom. The Bertz CT molecular complexity index is 288. The van der Waals surface area contributed by atoms with Crippen molar-refractivity contribution in [3.8, 4) is 0 Å². The molecule has 2 unspecified atom stereocenters. The molecule has 0 aromatic carbocycles. The first-order chi connectivity index (χ1) is 9.17. The molecule has 1 amide bonds. The molecule has 1 aliphatic heterocycles. The lowest BCUT2D eigenvalue weighted by Crippen LogP contribution is -2.42. The molecule has 1 saturated heterocycles. The molecule has 0 spiro atoms. The summed E-state index contributed by atoms with van der Waals surface area (Å²) in [5.41, 5.74) is 5.70. The summed E-state index contributed by atoms with van der Waals surface area (Å²) in [6.45, 7) is 3.65. The van der Waals surface area contributed by atoms with Crippen molar-refractivity contribution in [2.45, 2.75) is 64.0 Å². The third kappa shape index (κ3) is 4.77. The first-order valence-electron chi connectivity index (χ1n) is 7.78. The zero-order valence-electron chi connectivity index (χ0n) is 12.1. The highest BCUT2D eigenvalue weighted by Crippen LogP contribution is 2.30. The smallest absolute Gasteiger partial charge is 0.220 e. The number of hydrogen-bond acceptors (Lipinski definition) is 3. The van der Waals surface area contributed by atoms with Gasteiger partial charge in [0.1, 0.15) is 0 Å². The Balaban J connectivity index is 1.67. The van der Waals surface area contributed by atoms with Crippen LogP contribution in [0.3, 0.4) is 0 Å². The zero-order chi connectivity index (χ0) is 13.7. The van der Waals surface area contributed by atoms with Gasteiger partial charge < -0.3 is 15.8 Å². The minimum Gasteiger partial charge on any atom is -0.378 e. The van der Waals surface area contributed by atoms with E-state index < -0.39 is 0 Å². The number of rotatable bonds is 4. The maximum Gasteiger partial charge on any atom is 0.220 e. The van der Waals surface area contributed by atoms with E-state index in [1.807, 2.05) is 0 Å². The van der Waals surface area contributed by atoms with E-state index in [0.29, 0.717) is 24.3 Å². The van der Waals surface area contributed by atoms with Gasteiger partial charge in [-0.2, -0.15) is 0 Å². The molecule has 1 heterocycles. The van der Waals surface area contributed by atoms with Crippen LogP contribution in [0.4, 0.5) is 0 Å². The van der Waals surface area contributed by atoms with Crippen LogP contribution in [-0.2, 0) is 9.53 Å². The molecule has 110 valence electrons. The highest BCUT2D eigenvalue weighted by Gasteiger charge is 2.25. The predicted octanol–water partition coefficient (Wildman–Crippen LogP) is 1.83. The molecule has 0 radical (unpaired) electrons. The van der Waals surface area contributed by atoms with E-state index in [0.717, 1.165) is 26.0 Å². The maximum atomic E-state index is 12.1. The molecular formula is C15H28N2O2. The molecule has 19 heavy (non-hydrogen) atoms. The Kier molecular flexibility index (Phi) is 5.64. The van der Waals surface area contributed by atoms with Gasteiger partial charge in [-0.05, 0) is 63.8 Å². The van der Waals surface area contributed by atoms with Crippen LogP contribution in [0.5, 0.6) is 0 Å². The number of carbonyl (C=O) groups is 1. The van der Waals surface area contributed by atoms with E-state index in [2.05, 4.69) is 12.2 Å². The van der Waals surface area contributed by atoms with E-state index >= 15 is 0 Å². The molecule has 2 aliphatic rings. The normalized spacial score (nSPS) is 35.9. The molecule has 4 heteroatoms. The zero-order valence-corrected chi connectivity index (χ0v) is 12.1. The number of hydrogen-bond donors (Lipinski definition) is 2. The van der Waals surface area contributed by atoms with Crippen LogP contribution in [0.2, 0.25) is 0 Å².